The molecule has 7 nitrogen and oxygen atoms in total. The van der Waals surface area contributed by atoms with Crippen molar-refractivity contribution in [1.82, 2.24) is 9.97 Å². The zero-order chi connectivity index (χ0) is 18.0. The molecule has 0 aliphatic carbocycles. The Hall–Kier alpha value is -3.48. The Bertz CT molecular complexity index is 967. The van der Waals surface area contributed by atoms with Gasteiger partial charge in [-0.25, -0.2) is 14.8 Å². The predicted molar refractivity (Wildman–Crippen MR) is 96.6 cm³/mol. The van der Waals surface area contributed by atoms with Gasteiger partial charge < -0.3 is 16.4 Å². The number of hydrogen-bond acceptors (Lipinski definition) is 4. The highest BCUT2D eigenvalue weighted by molar-refractivity contribution is 6.01. The van der Waals surface area contributed by atoms with E-state index in [0.29, 0.717) is 22.5 Å². The van der Waals surface area contributed by atoms with Gasteiger partial charge in [-0.2, -0.15) is 0 Å². The second-order valence-corrected chi connectivity index (χ2v) is 5.62. The van der Waals surface area contributed by atoms with Crippen molar-refractivity contribution in [3.8, 4) is 0 Å². The maximum atomic E-state index is 12.1. The molecule has 0 spiro atoms. The van der Waals surface area contributed by atoms with E-state index in [1.165, 1.54) is 0 Å². The number of anilines is 2. The zero-order valence-corrected chi connectivity index (χ0v) is 13.8. The predicted octanol–water partition coefficient (Wildman–Crippen LogP) is 2.99. The first kappa shape index (κ1) is 16.4. The van der Waals surface area contributed by atoms with Crippen LogP contribution in [0.2, 0.25) is 0 Å². The summed E-state index contributed by atoms with van der Waals surface area (Å²) in [5.41, 5.74) is 9.94. The van der Waals surface area contributed by atoms with Crippen LogP contribution in [0.15, 0.2) is 42.5 Å². The lowest BCUT2D eigenvalue weighted by atomic mass is 10.2. The molecule has 25 heavy (non-hydrogen) atoms. The molecule has 126 valence electrons. The van der Waals surface area contributed by atoms with E-state index in [2.05, 4.69) is 20.6 Å². The third-order valence-electron chi connectivity index (χ3n) is 3.76. The van der Waals surface area contributed by atoms with Crippen LogP contribution in [0.1, 0.15) is 21.7 Å². The van der Waals surface area contributed by atoms with Crippen molar-refractivity contribution < 1.29 is 9.59 Å². The number of carbonyl (C=O) groups is 2. The van der Waals surface area contributed by atoms with Crippen molar-refractivity contribution in [2.45, 2.75) is 13.8 Å². The maximum Gasteiger partial charge on any atom is 0.323 e. The highest BCUT2D eigenvalue weighted by Gasteiger charge is 2.07. The van der Waals surface area contributed by atoms with Gasteiger partial charge in [0.2, 0.25) is 5.91 Å². The normalized spacial score (nSPS) is 10.5. The van der Waals surface area contributed by atoms with Crippen molar-refractivity contribution in [3.05, 3.63) is 59.4 Å². The molecule has 0 saturated carbocycles. The zero-order valence-electron chi connectivity index (χ0n) is 13.8. The van der Waals surface area contributed by atoms with Gasteiger partial charge in [-0.3, -0.25) is 4.79 Å². The number of carbonyl (C=O) groups excluding carboxylic acids is 2. The van der Waals surface area contributed by atoms with Gasteiger partial charge in [-0.05, 0) is 56.3 Å². The molecule has 0 saturated heterocycles. The number of primary amides is 1. The molecule has 7 heteroatoms. The van der Waals surface area contributed by atoms with Gasteiger partial charge in [0, 0.05) is 16.9 Å². The Morgan fingerprint density at radius 3 is 2.04 bits per heavy atom. The average Bonchev–Trinajstić information content (AvgIpc) is 2.56. The van der Waals surface area contributed by atoms with E-state index in [-0.39, 0.29) is 0 Å². The van der Waals surface area contributed by atoms with Crippen LogP contribution in [0.5, 0.6) is 0 Å². The van der Waals surface area contributed by atoms with E-state index in [9.17, 15) is 9.59 Å². The van der Waals surface area contributed by atoms with Crippen LogP contribution < -0.4 is 16.4 Å². The maximum absolute atomic E-state index is 12.1. The van der Waals surface area contributed by atoms with E-state index in [0.717, 1.165) is 16.9 Å². The molecule has 1 heterocycles. The van der Waals surface area contributed by atoms with Gasteiger partial charge in [-0.15, -0.1) is 0 Å². The first-order valence-electron chi connectivity index (χ1n) is 7.65. The summed E-state index contributed by atoms with van der Waals surface area (Å²) in [5, 5.41) is 5.43. The Morgan fingerprint density at radius 1 is 0.840 bits per heavy atom. The molecule has 3 amide bonds. The number of aromatic nitrogens is 2. The molecule has 1 aromatic heterocycles. The van der Waals surface area contributed by atoms with Crippen molar-refractivity contribution in [1.29, 1.82) is 0 Å². The number of hydrogen-bond donors (Lipinski definition) is 3. The highest BCUT2D eigenvalue weighted by Crippen LogP contribution is 2.18. The molecule has 0 fully saturated rings. The van der Waals surface area contributed by atoms with Gasteiger partial charge in [0.25, 0.3) is 0 Å². The third-order valence-corrected chi connectivity index (χ3v) is 3.76. The van der Waals surface area contributed by atoms with Crippen LogP contribution in [-0.2, 0) is 0 Å². The molecular weight excluding hydrogens is 318 g/mol. The number of benzene rings is 2. The molecule has 0 unspecified atom stereocenters. The van der Waals surface area contributed by atoms with Crippen molar-refractivity contribution in [2.75, 3.05) is 10.6 Å². The van der Waals surface area contributed by atoms with Gasteiger partial charge in [-0.1, -0.05) is 0 Å². The number of nitrogens with zero attached hydrogens (tertiary/aromatic N) is 2. The molecule has 0 aliphatic rings. The van der Waals surface area contributed by atoms with Gasteiger partial charge >= 0.3 is 6.03 Å². The number of amides is 3. The lowest BCUT2D eigenvalue weighted by Gasteiger charge is -2.09. The largest absolute Gasteiger partial charge is 0.366 e. The first-order chi connectivity index (χ1) is 11.9. The SMILES string of the molecule is Cc1nc2ccc(NC(=O)Nc3ccc(C(N)=O)cc3)cc2nc1C. The van der Waals surface area contributed by atoms with Crippen molar-refractivity contribution in [3.63, 3.8) is 0 Å². The minimum Gasteiger partial charge on any atom is -0.366 e. The highest BCUT2D eigenvalue weighted by atomic mass is 16.2. The van der Waals surface area contributed by atoms with Crippen LogP contribution in [0.25, 0.3) is 11.0 Å². The van der Waals surface area contributed by atoms with Gasteiger partial charge in [0.15, 0.2) is 0 Å². The smallest absolute Gasteiger partial charge is 0.323 e. The Labute approximate surface area is 144 Å². The summed E-state index contributed by atoms with van der Waals surface area (Å²) < 4.78 is 0. The molecule has 0 bridgehead atoms. The monoisotopic (exact) mass is 335 g/mol. The van der Waals surface area contributed by atoms with Crippen molar-refractivity contribution >= 4 is 34.3 Å². The van der Waals surface area contributed by atoms with E-state index < -0.39 is 11.9 Å². The fourth-order valence-electron chi connectivity index (χ4n) is 2.32. The fourth-order valence-corrected chi connectivity index (χ4v) is 2.32. The lowest BCUT2D eigenvalue weighted by Crippen LogP contribution is -2.19. The van der Waals surface area contributed by atoms with Crippen LogP contribution in [-0.4, -0.2) is 21.9 Å². The molecule has 3 rings (SSSR count). The minimum atomic E-state index is -0.515. The summed E-state index contributed by atoms with van der Waals surface area (Å²) in [4.78, 5) is 32.1. The molecule has 4 N–H and O–H groups in total. The lowest BCUT2D eigenvalue weighted by molar-refractivity contribution is 0.100. The first-order valence-corrected chi connectivity index (χ1v) is 7.65. The summed E-state index contributed by atoms with van der Waals surface area (Å²) in [7, 11) is 0. The van der Waals surface area contributed by atoms with Gasteiger partial charge in [0.1, 0.15) is 0 Å². The van der Waals surface area contributed by atoms with Crippen LogP contribution in [0, 0.1) is 13.8 Å². The second-order valence-electron chi connectivity index (χ2n) is 5.62. The van der Waals surface area contributed by atoms with Crippen LogP contribution >= 0.6 is 0 Å². The molecular formula is C18H17N5O2. The van der Waals surface area contributed by atoms with E-state index in [1.807, 2.05) is 19.9 Å². The number of urea groups is 1. The minimum absolute atomic E-state index is 0.379. The Balaban J connectivity index is 1.73. The Kier molecular flexibility index (Phi) is 4.30. The number of rotatable bonds is 3. The van der Waals surface area contributed by atoms with Crippen molar-refractivity contribution in [2.24, 2.45) is 5.73 Å². The summed E-state index contributed by atoms with van der Waals surface area (Å²) >= 11 is 0. The molecule has 3 aromatic rings. The van der Waals surface area contributed by atoms with E-state index >= 15 is 0 Å². The molecule has 0 radical (unpaired) electrons. The molecule has 0 aliphatic heterocycles. The summed E-state index contributed by atoms with van der Waals surface area (Å²) in [5.74, 6) is -0.515. The van der Waals surface area contributed by atoms with Gasteiger partial charge in [0.05, 0.1) is 22.4 Å². The van der Waals surface area contributed by atoms with Crippen LogP contribution in [0.3, 0.4) is 0 Å². The topological polar surface area (TPSA) is 110 Å². The fraction of sp³-hybridized carbons (Fsp3) is 0.111. The number of fused-ring (bicyclic) bond motifs is 1. The third kappa shape index (κ3) is 3.72. The number of nitrogens with two attached hydrogens (primary N) is 1. The quantitative estimate of drug-likeness (QED) is 0.683. The second kappa shape index (κ2) is 6.56. The average molecular weight is 335 g/mol. The summed E-state index contributed by atoms with van der Waals surface area (Å²) in [6.07, 6.45) is 0. The number of nitrogens with one attached hydrogen (secondary N) is 2. The van der Waals surface area contributed by atoms with E-state index in [4.69, 9.17) is 5.73 Å². The number of aryl methyl sites for hydroxylation is 2. The van der Waals surface area contributed by atoms with Crippen LogP contribution in [0.4, 0.5) is 16.2 Å². The molecule has 2 aromatic carbocycles. The summed E-state index contributed by atoms with van der Waals surface area (Å²) in [6, 6.07) is 11.3. The Morgan fingerprint density at radius 2 is 1.40 bits per heavy atom. The standard InChI is InChI=1S/C18H17N5O2/c1-10-11(2)21-16-9-14(7-8-15(16)20-10)23-18(25)22-13-5-3-12(4-6-13)17(19)24/h3-9H,1-2H3,(H2,19,24)(H2,22,23,25). The van der Waals surface area contributed by atoms with E-state index in [1.54, 1.807) is 36.4 Å². The summed E-state index contributed by atoms with van der Waals surface area (Å²) in [6.45, 7) is 3.80. The molecule has 0 atom stereocenters.